The number of hydrogen-bond donors (Lipinski definition) is 0. The van der Waals surface area contributed by atoms with Crippen LogP contribution in [0.15, 0.2) is 29.9 Å². The van der Waals surface area contributed by atoms with Crippen LogP contribution in [0.2, 0.25) is 0 Å². The van der Waals surface area contributed by atoms with Crippen molar-refractivity contribution >= 4 is 56.6 Å². The number of aromatic nitrogens is 3. The van der Waals surface area contributed by atoms with Gasteiger partial charge in [0.15, 0.2) is 0 Å². The van der Waals surface area contributed by atoms with Crippen molar-refractivity contribution in [3.63, 3.8) is 0 Å². The molecule has 0 aliphatic rings. The largest absolute Gasteiger partial charge is 0.322 e. The Kier molecular flexibility index (Phi) is 3.54. The van der Waals surface area contributed by atoms with Crippen molar-refractivity contribution in [2.75, 3.05) is 0 Å². The molecule has 1 aromatic carbocycles. The van der Waals surface area contributed by atoms with E-state index in [0.717, 1.165) is 23.4 Å². The second-order valence-electron chi connectivity index (χ2n) is 3.85. The smallest absolute Gasteiger partial charge is 0.125 e. The first-order chi connectivity index (χ1) is 8.78. The molecule has 0 saturated carbocycles. The Balaban J connectivity index is 2.13. The van der Waals surface area contributed by atoms with E-state index in [1.54, 1.807) is 11.3 Å². The number of nitrogens with zero attached hydrogens (tertiary/aromatic N) is 3. The molecule has 0 spiro atoms. The fourth-order valence-electron chi connectivity index (χ4n) is 1.91. The number of imidazole rings is 1. The quantitative estimate of drug-likeness (QED) is 0.503. The summed E-state index contributed by atoms with van der Waals surface area (Å²) in [6.45, 7) is 0.782. The molecule has 0 fully saturated rings. The number of benzene rings is 1. The van der Waals surface area contributed by atoms with Crippen LogP contribution >= 0.6 is 45.5 Å². The molecule has 92 valence electrons. The molecule has 0 aliphatic carbocycles. The summed E-state index contributed by atoms with van der Waals surface area (Å²) in [4.78, 5) is 9.89. The zero-order valence-electron chi connectivity index (χ0n) is 9.31. The molecular weight excluding hydrogens is 381 g/mol. The van der Waals surface area contributed by atoms with Crippen LogP contribution in [0.5, 0.6) is 0 Å². The van der Waals surface area contributed by atoms with Crippen LogP contribution in [-0.4, -0.2) is 14.5 Å². The molecule has 3 aromatic rings. The van der Waals surface area contributed by atoms with E-state index in [1.165, 1.54) is 8.45 Å². The van der Waals surface area contributed by atoms with Gasteiger partial charge < -0.3 is 4.57 Å². The highest BCUT2D eigenvalue weighted by Crippen LogP contribution is 2.22. The molecule has 3 rings (SSSR count). The molecule has 0 atom stereocenters. The van der Waals surface area contributed by atoms with Gasteiger partial charge in [-0.3, -0.25) is 4.98 Å². The van der Waals surface area contributed by atoms with E-state index in [9.17, 15) is 0 Å². The average Bonchev–Trinajstić information content (AvgIpc) is 2.97. The molecule has 0 aliphatic heterocycles. The Morgan fingerprint density at radius 1 is 1.39 bits per heavy atom. The van der Waals surface area contributed by atoms with Gasteiger partial charge in [-0.2, -0.15) is 0 Å². The number of fused-ring (bicyclic) bond motifs is 1. The van der Waals surface area contributed by atoms with Gasteiger partial charge in [-0.1, -0.05) is 0 Å². The summed E-state index contributed by atoms with van der Waals surface area (Å²) in [6.07, 6.45) is 1.89. The minimum atomic E-state index is 0.421. The summed E-state index contributed by atoms with van der Waals surface area (Å²) >= 11 is 9.93. The standard InChI is InChI=1S/C12H9ClIN3S/c13-4-12-16-10-3-8(14)1-2-11(10)17(12)6-9-5-15-7-18-9/h1-3,5,7H,4,6H2. The number of thiazole rings is 1. The molecule has 0 N–H and O–H groups in total. The van der Waals surface area contributed by atoms with Crippen LogP contribution in [-0.2, 0) is 12.4 Å². The molecule has 2 heterocycles. The predicted molar refractivity (Wildman–Crippen MR) is 83.2 cm³/mol. The van der Waals surface area contributed by atoms with Crippen molar-refractivity contribution in [3.8, 4) is 0 Å². The first kappa shape index (κ1) is 12.4. The van der Waals surface area contributed by atoms with Crippen molar-refractivity contribution in [2.24, 2.45) is 0 Å². The van der Waals surface area contributed by atoms with E-state index in [2.05, 4.69) is 55.3 Å². The van der Waals surface area contributed by atoms with Gasteiger partial charge in [-0.05, 0) is 40.8 Å². The van der Waals surface area contributed by atoms with Crippen molar-refractivity contribution in [1.82, 2.24) is 14.5 Å². The lowest BCUT2D eigenvalue weighted by Gasteiger charge is -2.05. The molecule has 0 bridgehead atoms. The van der Waals surface area contributed by atoms with Crippen molar-refractivity contribution < 1.29 is 0 Å². The highest BCUT2D eigenvalue weighted by atomic mass is 127. The first-order valence-corrected chi connectivity index (χ1v) is 7.85. The van der Waals surface area contributed by atoms with Crippen LogP contribution in [0.25, 0.3) is 11.0 Å². The Labute approximate surface area is 127 Å². The summed E-state index contributed by atoms with van der Waals surface area (Å²) in [5.41, 5.74) is 3.97. The average molecular weight is 390 g/mol. The maximum atomic E-state index is 5.99. The Hall–Kier alpha value is -0.660. The van der Waals surface area contributed by atoms with Crippen molar-refractivity contribution in [1.29, 1.82) is 0 Å². The third kappa shape index (κ3) is 2.26. The minimum Gasteiger partial charge on any atom is -0.322 e. The highest BCUT2D eigenvalue weighted by molar-refractivity contribution is 14.1. The van der Waals surface area contributed by atoms with Crippen LogP contribution in [0.3, 0.4) is 0 Å². The van der Waals surface area contributed by atoms with Gasteiger partial charge in [0.25, 0.3) is 0 Å². The van der Waals surface area contributed by atoms with E-state index in [-0.39, 0.29) is 0 Å². The third-order valence-electron chi connectivity index (χ3n) is 2.71. The lowest BCUT2D eigenvalue weighted by atomic mass is 10.3. The SMILES string of the molecule is ClCc1nc2cc(I)ccc2n1Cc1cncs1. The fourth-order valence-corrected chi connectivity index (χ4v) is 3.17. The molecule has 6 heteroatoms. The van der Waals surface area contributed by atoms with Gasteiger partial charge in [0.2, 0.25) is 0 Å². The Morgan fingerprint density at radius 2 is 2.28 bits per heavy atom. The molecule has 3 nitrogen and oxygen atoms in total. The lowest BCUT2D eigenvalue weighted by Crippen LogP contribution is -2.02. The topological polar surface area (TPSA) is 30.7 Å². The van der Waals surface area contributed by atoms with Crippen LogP contribution in [0.1, 0.15) is 10.7 Å². The van der Waals surface area contributed by atoms with Crippen molar-refractivity contribution in [3.05, 3.63) is 44.2 Å². The van der Waals surface area contributed by atoms with E-state index in [0.29, 0.717) is 5.88 Å². The molecule has 0 unspecified atom stereocenters. The second-order valence-corrected chi connectivity index (χ2v) is 6.33. The highest BCUT2D eigenvalue weighted by Gasteiger charge is 2.11. The number of hydrogen-bond acceptors (Lipinski definition) is 3. The molecule has 0 radical (unpaired) electrons. The zero-order chi connectivity index (χ0) is 12.5. The van der Waals surface area contributed by atoms with E-state index < -0.39 is 0 Å². The summed E-state index contributed by atoms with van der Waals surface area (Å²) in [6, 6.07) is 6.27. The van der Waals surface area contributed by atoms with E-state index in [4.69, 9.17) is 11.6 Å². The number of rotatable bonds is 3. The fraction of sp³-hybridized carbons (Fsp3) is 0.167. The molecule has 0 saturated heterocycles. The zero-order valence-corrected chi connectivity index (χ0v) is 13.0. The third-order valence-corrected chi connectivity index (χ3v) is 4.38. The minimum absolute atomic E-state index is 0.421. The molecule has 0 amide bonds. The van der Waals surface area contributed by atoms with Crippen molar-refractivity contribution in [2.45, 2.75) is 12.4 Å². The van der Waals surface area contributed by atoms with E-state index >= 15 is 0 Å². The lowest BCUT2D eigenvalue weighted by molar-refractivity contribution is 0.787. The van der Waals surface area contributed by atoms with Gasteiger partial charge in [0, 0.05) is 14.6 Å². The predicted octanol–water partition coefficient (Wildman–Crippen LogP) is 3.88. The molecular formula is C12H9ClIN3S. The van der Waals surface area contributed by atoms with Gasteiger partial charge in [0.1, 0.15) is 5.82 Å². The summed E-state index contributed by atoms with van der Waals surface area (Å²) in [5, 5.41) is 0. The Morgan fingerprint density at radius 3 is 3.00 bits per heavy atom. The van der Waals surface area contributed by atoms with Crippen LogP contribution < -0.4 is 0 Å². The van der Waals surface area contributed by atoms with Gasteiger partial charge >= 0.3 is 0 Å². The Bertz CT molecular complexity index is 678. The van der Waals surface area contributed by atoms with Crippen LogP contribution in [0, 0.1) is 3.57 Å². The maximum absolute atomic E-state index is 5.99. The molecule has 18 heavy (non-hydrogen) atoms. The summed E-state index contributed by atoms with van der Waals surface area (Å²) in [5.74, 6) is 1.33. The van der Waals surface area contributed by atoms with Gasteiger partial charge in [0.05, 0.1) is 29.0 Å². The van der Waals surface area contributed by atoms with Crippen LogP contribution in [0.4, 0.5) is 0 Å². The van der Waals surface area contributed by atoms with E-state index in [1.807, 2.05) is 11.7 Å². The number of halogens is 2. The van der Waals surface area contributed by atoms with Gasteiger partial charge in [-0.15, -0.1) is 22.9 Å². The number of alkyl halides is 1. The summed E-state index contributed by atoms with van der Waals surface area (Å²) in [7, 11) is 0. The second kappa shape index (κ2) is 5.14. The van der Waals surface area contributed by atoms with Gasteiger partial charge in [-0.25, -0.2) is 4.98 Å². The first-order valence-electron chi connectivity index (χ1n) is 5.36. The summed E-state index contributed by atoms with van der Waals surface area (Å²) < 4.78 is 3.34. The molecule has 2 aromatic heterocycles. The maximum Gasteiger partial charge on any atom is 0.125 e. The monoisotopic (exact) mass is 389 g/mol. The normalized spacial score (nSPS) is 11.2.